The standard InChI is InChI=1S/C23H21ClN4O3/c1-15-7-10-18(11-8-15)26-19-12-9-17(24)13-16(19)14-25-28-23(30)22(29)27-20-5-3-4-6-21(20)31-2/h3-14,26H,1-2H3,(H,27,29)(H,28,30)/b25-14-. The summed E-state index contributed by atoms with van der Waals surface area (Å²) in [6.07, 6.45) is 1.41. The van der Waals surface area contributed by atoms with Crippen LogP contribution in [0.1, 0.15) is 11.1 Å². The van der Waals surface area contributed by atoms with E-state index in [4.69, 9.17) is 16.3 Å². The third-order valence-electron chi connectivity index (χ3n) is 4.28. The normalized spacial score (nSPS) is 10.5. The summed E-state index contributed by atoms with van der Waals surface area (Å²) < 4.78 is 5.15. The molecule has 3 rings (SSSR count). The maximum atomic E-state index is 12.1. The third-order valence-corrected chi connectivity index (χ3v) is 4.51. The Kier molecular flexibility index (Phi) is 7.24. The number of methoxy groups -OCH3 is 1. The second-order valence-corrected chi connectivity index (χ2v) is 7.01. The number of anilines is 3. The van der Waals surface area contributed by atoms with E-state index in [0.29, 0.717) is 22.0 Å². The van der Waals surface area contributed by atoms with Gasteiger partial charge in [0.15, 0.2) is 0 Å². The first-order valence-electron chi connectivity index (χ1n) is 9.37. The zero-order chi connectivity index (χ0) is 22.2. The minimum Gasteiger partial charge on any atom is -0.495 e. The fourth-order valence-electron chi connectivity index (χ4n) is 2.68. The lowest BCUT2D eigenvalue weighted by Crippen LogP contribution is -2.32. The molecule has 0 radical (unpaired) electrons. The minimum atomic E-state index is -0.919. The molecule has 3 N–H and O–H groups in total. The average Bonchev–Trinajstić information content (AvgIpc) is 2.77. The second kappa shape index (κ2) is 10.3. The van der Waals surface area contributed by atoms with Crippen LogP contribution in [0.4, 0.5) is 17.1 Å². The Morgan fingerprint density at radius 2 is 1.71 bits per heavy atom. The smallest absolute Gasteiger partial charge is 0.329 e. The molecule has 0 atom stereocenters. The van der Waals surface area contributed by atoms with Crippen molar-refractivity contribution in [1.29, 1.82) is 0 Å². The largest absolute Gasteiger partial charge is 0.495 e. The Morgan fingerprint density at radius 3 is 2.45 bits per heavy atom. The zero-order valence-electron chi connectivity index (χ0n) is 17.0. The van der Waals surface area contributed by atoms with Crippen molar-refractivity contribution in [2.75, 3.05) is 17.7 Å². The number of nitrogens with zero attached hydrogens (tertiary/aromatic N) is 1. The van der Waals surface area contributed by atoms with Crippen LogP contribution in [0, 0.1) is 6.92 Å². The molecule has 0 bridgehead atoms. The van der Waals surface area contributed by atoms with Gasteiger partial charge < -0.3 is 15.4 Å². The molecule has 8 heteroatoms. The molecule has 0 unspecified atom stereocenters. The van der Waals surface area contributed by atoms with Crippen molar-refractivity contribution in [3.63, 3.8) is 0 Å². The van der Waals surface area contributed by atoms with Gasteiger partial charge in [0.25, 0.3) is 0 Å². The van der Waals surface area contributed by atoms with E-state index in [1.807, 2.05) is 31.2 Å². The van der Waals surface area contributed by atoms with E-state index in [1.165, 1.54) is 13.3 Å². The number of halogens is 1. The minimum absolute atomic E-state index is 0.383. The molecule has 0 fully saturated rings. The summed E-state index contributed by atoms with van der Waals surface area (Å²) in [6.45, 7) is 2.01. The van der Waals surface area contributed by atoms with Gasteiger partial charge in [-0.25, -0.2) is 5.43 Å². The molecular formula is C23H21ClN4O3. The number of hydrogen-bond acceptors (Lipinski definition) is 5. The highest BCUT2D eigenvalue weighted by molar-refractivity contribution is 6.39. The van der Waals surface area contributed by atoms with Crippen LogP contribution in [0.2, 0.25) is 5.02 Å². The molecule has 31 heavy (non-hydrogen) atoms. The van der Waals surface area contributed by atoms with Gasteiger partial charge in [0, 0.05) is 22.0 Å². The molecule has 0 heterocycles. The molecule has 2 amide bonds. The number of aryl methyl sites for hydroxylation is 1. The molecule has 3 aromatic carbocycles. The molecule has 0 saturated heterocycles. The van der Waals surface area contributed by atoms with Crippen LogP contribution in [-0.2, 0) is 9.59 Å². The van der Waals surface area contributed by atoms with E-state index < -0.39 is 11.8 Å². The summed E-state index contributed by atoms with van der Waals surface area (Å²) in [5.41, 5.74) is 6.02. The van der Waals surface area contributed by atoms with Gasteiger partial charge in [-0.15, -0.1) is 0 Å². The van der Waals surface area contributed by atoms with Gasteiger partial charge in [-0.05, 0) is 49.4 Å². The zero-order valence-corrected chi connectivity index (χ0v) is 17.7. The highest BCUT2D eigenvalue weighted by Gasteiger charge is 2.15. The molecule has 0 spiro atoms. The number of carbonyl (C=O) groups is 2. The fourth-order valence-corrected chi connectivity index (χ4v) is 2.87. The molecule has 0 aliphatic carbocycles. The molecule has 7 nitrogen and oxygen atoms in total. The number of hydrazone groups is 1. The van der Waals surface area contributed by atoms with Crippen LogP contribution in [0.3, 0.4) is 0 Å². The molecule has 0 saturated carbocycles. The summed E-state index contributed by atoms with van der Waals surface area (Å²) in [6, 6.07) is 19.9. The molecule has 0 aromatic heterocycles. The first-order valence-corrected chi connectivity index (χ1v) is 9.74. The number of para-hydroxylation sites is 2. The molecular weight excluding hydrogens is 416 g/mol. The lowest BCUT2D eigenvalue weighted by atomic mass is 10.1. The van der Waals surface area contributed by atoms with Crippen molar-refractivity contribution in [2.24, 2.45) is 5.10 Å². The SMILES string of the molecule is COc1ccccc1NC(=O)C(=O)N/N=C\c1cc(Cl)ccc1Nc1ccc(C)cc1. The second-order valence-electron chi connectivity index (χ2n) is 6.58. The van der Waals surface area contributed by atoms with Crippen LogP contribution in [0.25, 0.3) is 0 Å². The van der Waals surface area contributed by atoms with Crippen molar-refractivity contribution in [3.8, 4) is 5.75 Å². The topological polar surface area (TPSA) is 91.8 Å². The van der Waals surface area contributed by atoms with Gasteiger partial charge in [-0.3, -0.25) is 9.59 Å². The Morgan fingerprint density at radius 1 is 0.968 bits per heavy atom. The van der Waals surface area contributed by atoms with Crippen LogP contribution in [0.15, 0.2) is 71.8 Å². The summed E-state index contributed by atoms with van der Waals surface area (Å²) in [5, 5.41) is 10.2. The highest BCUT2D eigenvalue weighted by Crippen LogP contribution is 2.24. The van der Waals surface area contributed by atoms with Crippen LogP contribution in [-0.4, -0.2) is 25.1 Å². The number of carbonyl (C=O) groups excluding carboxylic acids is 2. The first kappa shape index (κ1) is 21.9. The monoisotopic (exact) mass is 436 g/mol. The number of ether oxygens (including phenoxy) is 1. The average molecular weight is 437 g/mol. The number of benzene rings is 3. The summed E-state index contributed by atoms with van der Waals surface area (Å²) >= 11 is 6.10. The van der Waals surface area contributed by atoms with E-state index >= 15 is 0 Å². The Bertz CT molecular complexity index is 1110. The predicted octanol–water partition coefficient (Wildman–Crippen LogP) is 4.49. The van der Waals surface area contributed by atoms with E-state index in [1.54, 1.807) is 42.5 Å². The predicted molar refractivity (Wildman–Crippen MR) is 123 cm³/mol. The van der Waals surface area contributed by atoms with Crippen molar-refractivity contribution in [3.05, 3.63) is 82.9 Å². The van der Waals surface area contributed by atoms with Gasteiger partial charge in [-0.1, -0.05) is 41.4 Å². The third kappa shape index (κ3) is 6.07. The van der Waals surface area contributed by atoms with Gasteiger partial charge in [0.2, 0.25) is 0 Å². The summed E-state index contributed by atoms with van der Waals surface area (Å²) in [4.78, 5) is 24.2. The van der Waals surface area contributed by atoms with Crippen LogP contribution >= 0.6 is 11.6 Å². The lowest BCUT2D eigenvalue weighted by Gasteiger charge is -2.10. The van der Waals surface area contributed by atoms with Crippen molar-refractivity contribution in [1.82, 2.24) is 5.43 Å². The van der Waals surface area contributed by atoms with Gasteiger partial charge >= 0.3 is 11.8 Å². The van der Waals surface area contributed by atoms with Crippen LogP contribution < -0.4 is 20.8 Å². The summed E-state index contributed by atoms with van der Waals surface area (Å²) in [7, 11) is 1.47. The number of hydrogen-bond donors (Lipinski definition) is 3. The molecule has 158 valence electrons. The Labute approximate surface area is 185 Å². The highest BCUT2D eigenvalue weighted by atomic mass is 35.5. The Balaban J connectivity index is 1.67. The Hall–Kier alpha value is -3.84. The van der Waals surface area contributed by atoms with Crippen molar-refractivity contribution in [2.45, 2.75) is 6.92 Å². The molecule has 0 aliphatic rings. The van der Waals surface area contributed by atoms with Crippen LogP contribution in [0.5, 0.6) is 5.75 Å². The van der Waals surface area contributed by atoms with Gasteiger partial charge in [-0.2, -0.15) is 5.10 Å². The van der Waals surface area contributed by atoms with E-state index in [2.05, 4.69) is 21.2 Å². The van der Waals surface area contributed by atoms with Gasteiger partial charge in [0.05, 0.1) is 19.0 Å². The maximum Gasteiger partial charge on any atom is 0.329 e. The fraction of sp³-hybridized carbons (Fsp3) is 0.0870. The number of nitrogens with one attached hydrogen (secondary N) is 3. The van der Waals surface area contributed by atoms with E-state index in [-0.39, 0.29) is 0 Å². The molecule has 3 aromatic rings. The van der Waals surface area contributed by atoms with E-state index in [0.717, 1.165) is 16.9 Å². The van der Waals surface area contributed by atoms with Crippen molar-refractivity contribution >= 4 is 46.7 Å². The quantitative estimate of drug-likeness (QED) is 0.301. The molecule has 0 aliphatic heterocycles. The van der Waals surface area contributed by atoms with Gasteiger partial charge in [0.1, 0.15) is 5.75 Å². The van der Waals surface area contributed by atoms with Crippen molar-refractivity contribution < 1.29 is 14.3 Å². The lowest BCUT2D eigenvalue weighted by molar-refractivity contribution is -0.136. The number of rotatable bonds is 6. The number of amides is 2. The first-order chi connectivity index (χ1) is 15.0. The van der Waals surface area contributed by atoms with E-state index in [9.17, 15) is 9.59 Å². The summed E-state index contributed by atoms with van der Waals surface area (Å²) in [5.74, 6) is -1.35. The maximum absolute atomic E-state index is 12.1.